The third-order valence-electron chi connectivity index (χ3n) is 3.85. The van der Waals surface area contributed by atoms with Crippen LogP contribution in [-0.4, -0.2) is 18.0 Å². The first kappa shape index (κ1) is 20.9. The normalized spacial score (nSPS) is 10.7. The fourth-order valence-electron chi connectivity index (χ4n) is 2.43. The van der Waals surface area contributed by atoms with Gasteiger partial charge in [-0.25, -0.2) is 5.43 Å². The maximum atomic E-state index is 12.5. The van der Waals surface area contributed by atoms with Gasteiger partial charge in [-0.2, -0.15) is 5.10 Å². The molecule has 0 aromatic heterocycles. The van der Waals surface area contributed by atoms with E-state index in [1.54, 1.807) is 54.6 Å². The molecule has 3 aromatic carbocycles. The van der Waals surface area contributed by atoms with Gasteiger partial charge in [0, 0.05) is 10.0 Å². The molecular weight excluding hydrogens is 433 g/mol. The van der Waals surface area contributed by atoms with Crippen molar-refractivity contribution in [2.24, 2.45) is 5.10 Å². The highest BCUT2D eigenvalue weighted by Crippen LogP contribution is 2.23. The largest absolute Gasteiger partial charge is 0.321 e. The molecule has 146 valence electrons. The van der Waals surface area contributed by atoms with Gasteiger partial charge in [0.2, 0.25) is 0 Å². The average Bonchev–Trinajstić information content (AvgIpc) is 2.69. The lowest BCUT2D eigenvalue weighted by atomic mass is 10.1. The molecule has 0 saturated heterocycles. The zero-order valence-corrected chi connectivity index (χ0v) is 17.1. The minimum atomic E-state index is -0.478. The van der Waals surface area contributed by atoms with Crippen LogP contribution < -0.4 is 10.7 Å². The molecule has 0 aliphatic carbocycles. The van der Waals surface area contributed by atoms with E-state index >= 15 is 0 Å². The maximum Gasteiger partial charge on any atom is 0.273 e. The van der Waals surface area contributed by atoms with Crippen LogP contribution in [0.4, 0.5) is 5.69 Å². The van der Waals surface area contributed by atoms with Crippen molar-refractivity contribution >= 4 is 58.5 Å². The number of rotatable bonds is 5. The van der Waals surface area contributed by atoms with Crippen LogP contribution in [0.25, 0.3) is 0 Å². The van der Waals surface area contributed by atoms with E-state index in [0.717, 1.165) is 5.56 Å². The number of hydrogen-bond donors (Lipinski definition) is 2. The Morgan fingerprint density at radius 1 is 0.793 bits per heavy atom. The molecule has 0 aliphatic rings. The molecule has 0 heterocycles. The Kier molecular flexibility index (Phi) is 6.88. The van der Waals surface area contributed by atoms with Gasteiger partial charge in [0.1, 0.15) is 0 Å². The number of nitrogens with zero attached hydrogens (tertiary/aromatic N) is 1. The van der Waals surface area contributed by atoms with Crippen molar-refractivity contribution in [3.05, 3.63) is 98.5 Å². The minimum Gasteiger partial charge on any atom is -0.321 e. The van der Waals surface area contributed by atoms with E-state index < -0.39 is 11.8 Å². The summed E-state index contributed by atoms with van der Waals surface area (Å²) in [5.74, 6) is -0.940. The molecule has 5 nitrogen and oxygen atoms in total. The number of carbonyl (C=O) groups excluding carboxylic acids is 2. The van der Waals surface area contributed by atoms with Gasteiger partial charge in [0.25, 0.3) is 11.8 Å². The van der Waals surface area contributed by atoms with Crippen LogP contribution in [0.15, 0.2) is 71.8 Å². The number of para-hydroxylation sites is 1. The lowest BCUT2D eigenvalue weighted by Gasteiger charge is -2.11. The molecule has 0 fully saturated rings. The fraction of sp³-hybridized carbons (Fsp3) is 0. The molecule has 8 heteroatoms. The minimum absolute atomic E-state index is 0.212. The second kappa shape index (κ2) is 9.56. The summed E-state index contributed by atoms with van der Waals surface area (Å²) in [6.07, 6.45) is 1.49. The number of benzene rings is 3. The molecule has 29 heavy (non-hydrogen) atoms. The van der Waals surface area contributed by atoms with E-state index in [4.69, 9.17) is 34.8 Å². The Balaban J connectivity index is 1.73. The van der Waals surface area contributed by atoms with Crippen molar-refractivity contribution in [3.63, 3.8) is 0 Å². The second-order valence-corrected chi connectivity index (χ2v) is 7.15. The number of hydrazone groups is 1. The summed E-state index contributed by atoms with van der Waals surface area (Å²) < 4.78 is 0. The predicted octanol–water partition coefficient (Wildman–Crippen LogP) is 5.66. The van der Waals surface area contributed by atoms with Gasteiger partial charge in [-0.05, 0) is 48.0 Å². The number of amides is 2. The molecule has 3 aromatic rings. The van der Waals surface area contributed by atoms with E-state index in [1.165, 1.54) is 18.3 Å². The van der Waals surface area contributed by atoms with Gasteiger partial charge in [0.05, 0.1) is 28.1 Å². The number of nitrogens with one attached hydrogen (secondary N) is 2. The van der Waals surface area contributed by atoms with Crippen LogP contribution >= 0.6 is 34.8 Å². The molecule has 0 aliphatic heterocycles. The second-order valence-electron chi connectivity index (χ2n) is 5.87. The van der Waals surface area contributed by atoms with Crippen LogP contribution in [0.2, 0.25) is 15.1 Å². The molecule has 0 bridgehead atoms. The van der Waals surface area contributed by atoms with E-state index in [0.29, 0.717) is 15.7 Å². The standard InChI is InChI=1S/C21H14Cl3N3O2/c22-14-7-5-13(6-8-14)12-25-27-21(29)17-3-1-2-4-19(17)26-20(28)16-10-9-15(23)11-18(16)24/h1-12H,(H,26,28)(H,27,29)/b25-12-. The van der Waals surface area contributed by atoms with Gasteiger partial charge in [-0.1, -0.05) is 59.1 Å². The Hall–Kier alpha value is -2.86. The summed E-state index contributed by atoms with van der Waals surface area (Å²) in [6, 6.07) is 18.1. The SMILES string of the molecule is O=C(Nc1ccccc1C(=O)N/N=C\c1ccc(Cl)cc1)c1ccc(Cl)cc1Cl. The van der Waals surface area contributed by atoms with E-state index in [9.17, 15) is 9.59 Å². The Morgan fingerprint density at radius 2 is 1.48 bits per heavy atom. The Labute approximate surface area is 182 Å². The summed E-state index contributed by atoms with van der Waals surface area (Å²) in [4.78, 5) is 25.0. The van der Waals surface area contributed by atoms with Crippen molar-refractivity contribution in [2.75, 3.05) is 5.32 Å². The van der Waals surface area contributed by atoms with Crippen molar-refractivity contribution in [1.82, 2.24) is 5.43 Å². The number of carbonyl (C=O) groups is 2. The summed E-state index contributed by atoms with van der Waals surface area (Å²) in [7, 11) is 0. The predicted molar refractivity (Wildman–Crippen MR) is 117 cm³/mol. The molecule has 2 N–H and O–H groups in total. The smallest absolute Gasteiger partial charge is 0.273 e. The van der Waals surface area contributed by atoms with Gasteiger partial charge < -0.3 is 5.32 Å². The molecule has 0 unspecified atom stereocenters. The summed E-state index contributed by atoms with van der Waals surface area (Å²) in [5.41, 5.74) is 4.02. The first-order valence-corrected chi connectivity index (χ1v) is 9.52. The quantitative estimate of drug-likeness (QED) is 0.392. The van der Waals surface area contributed by atoms with Crippen LogP contribution in [0, 0.1) is 0 Å². The zero-order valence-electron chi connectivity index (χ0n) is 14.8. The van der Waals surface area contributed by atoms with Crippen LogP contribution in [-0.2, 0) is 0 Å². The van der Waals surface area contributed by atoms with Gasteiger partial charge in [-0.15, -0.1) is 0 Å². The number of halogens is 3. The molecule has 3 rings (SSSR count). The van der Waals surface area contributed by atoms with Gasteiger partial charge >= 0.3 is 0 Å². The van der Waals surface area contributed by atoms with Crippen LogP contribution in [0.3, 0.4) is 0 Å². The first-order valence-electron chi connectivity index (χ1n) is 8.38. The topological polar surface area (TPSA) is 70.6 Å². The van der Waals surface area contributed by atoms with Crippen molar-refractivity contribution in [3.8, 4) is 0 Å². The first-order chi connectivity index (χ1) is 13.9. The highest BCUT2D eigenvalue weighted by atomic mass is 35.5. The zero-order chi connectivity index (χ0) is 20.8. The summed E-state index contributed by atoms with van der Waals surface area (Å²) in [6.45, 7) is 0. The van der Waals surface area contributed by atoms with E-state index in [2.05, 4.69) is 15.8 Å². The molecule has 0 atom stereocenters. The number of anilines is 1. The third kappa shape index (κ3) is 5.57. The molecule has 0 radical (unpaired) electrons. The number of hydrogen-bond acceptors (Lipinski definition) is 3. The lowest BCUT2D eigenvalue weighted by molar-refractivity contribution is 0.0956. The van der Waals surface area contributed by atoms with Crippen LogP contribution in [0.1, 0.15) is 26.3 Å². The molecule has 2 amide bonds. The molecular formula is C21H14Cl3N3O2. The molecule has 0 spiro atoms. The van der Waals surface area contributed by atoms with Crippen molar-refractivity contribution in [2.45, 2.75) is 0 Å². The fourth-order valence-corrected chi connectivity index (χ4v) is 3.05. The summed E-state index contributed by atoms with van der Waals surface area (Å²) in [5, 5.41) is 7.86. The van der Waals surface area contributed by atoms with Crippen molar-refractivity contribution < 1.29 is 9.59 Å². The van der Waals surface area contributed by atoms with Crippen molar-refractivity contribution in [1.29, 1.82) is 0 Å². The van der Waals surface area contributed by atoms with Crippen LogP contribution in [0.5, 0.6) is 0 Å². The lowest BCUT2D eigenvalue weighted by Crippen LogP contribution is -2.21. The highest BCUT2D eigenvalue weighted by Gasteiger charge is 2.15. The maximum absolute atomic E-state index is 12.5. The van der Waals surface area contributed by atoms with Gasteiger partial charge in [-0.3, -0.25) is 9.59 Å². The molecule has 0 saturated carbocycles. The van der Waals surface area contributed by atoms with E-state index in [-0.39, 0.29) is 16.1 Å². The third-order valence-corrected chi connectivity index (χ3v) is 4.65. The summed E-state index contributed by atoms with van der Waals surface area (Å²) >= 11 is 17.8. The highest BCUT2D eigenvalue weighted by molar-refractivity contribution is 6.37. The average molecular weight is 447 g/mol. The Morgan fingerprint density at radius 3 is 2.21 bits per heavy atom. The monoisotopic (exact) mass is 445 g/mol. The Bertz CT molecular complexity index is 1080. The van der Waals surface area contributed by atoms with Gasteiger partial charge in [0.15, 0.2) is 0 Å². The van der Waals surface area contributed by atoms with E-state index in [1.807, 2.05) is 0 Å².